The Bertz CT molecular complexity index is 420. The maximum absolute atomic E-state index is 11.7. The standard InChI is InChI=1S/C14H17NO2/c1-4-10-15-13(14(16)17-3)12-9-7-6-8-11(12)5-2/h1,6-9,13,15H,5,10H2,2-3H3. The van der Waals surface area contributed by atoms with Crippen LogP contribution >= 0.6 is 0 Å². The molecule has 0 aromatic heterocycles. The summed E-state index contributed by atoms with van der Waals surface area (Å²) in [5, 5.41) is 3.00. The van der Waals surface area contributed by atoms with Gasteiger partial charge in [-0.1, -0.05) is 37.1 Å². The van der Waals surface area contributed by atoms with Crippen LogP contribution in [0.5, 0.6) is 0 Å². The van der Waals surface area contributed by atoms with Crippen molar-refractivity contribution in [1.82, 2.24) is 5.32 Å². The Hall–Kier alpha value is -1.79. The molecule has 3 nitrogen and oxygen atoms in total. The van der Waals surface area contributed by atoms with Gasteiger partial charge in [0.05, 0.1) is 13.7 Å². The topological polar surface area (TPSA) is 38.3 Å². The largest absolute Gasteiger partial charge is 0.468 e. The minimum Gasteiger partial charge on any atom is -0.468 e. The number of esters is 1. The lowest BCUT2D eigenvalue weighted by Crippen LogP contribution is -2.30. The third kappa shape index (κ3) is 3.33. The van der Waals surface area contributed by atoms with Gasteiger partial charge in [-0.05, 0) is 17.5 Å². The zero-order valence-corrected chi connectivity index (χ0v) is 10.2. The Kier molecular flexibility index (Phi) is 5.25. The van der Waals surface area contributed by atoms with E-state index < -0.39 is 6.04 Å². The van der Waals surface area contributed by atoms with Gasteiger partial charge in [-0.15, -0.1) is 6.42 Å². The number of carbonyl (C=O) groups is 1. The monoisotopic (exact) mass is 231 g/mol. The minimum atomic E-state index is -0.493. The second kappa shape index (κ2) is 6.72. The summed E-state index contributed by atoms with van der Waals surface area (Å²) in [6.45, 7) is 2.38. The third-order valence-corrected chi connectivity index (χ3v) is 2.59. The van der Waals surface area contributed by atoms with Crippen LogP contribution in [0.4, 0.5) is 0 Å². The van der Waals surface area contributed by atoms with Crippen LogP contribution < -0.4 is 5.32 Å². The number of ether oxygens (including phenoxy) is 1. The smallest absolute Gasteiger partial charge is 0.327 e. The number of methoxy groups -OCH3 is 1. The number of terminal acetylenes is 1. The fourth-order valence-electron chi connectivity index (χ4n) is 1.74. The van der Waals surface area contributed by atoms with E-state index >= 15 is 0 Å². The summed E-state index contributed by atoms with van der Waals surface area (Å²) in [6, 6.07) is 7.29. The summed E-state index contributed by atoms with van der Waals surface area (Å²) in [6.07, 6.45) is 6.06. The molecular weight excluding hydrogens is 214 g/mol. The minimum absolute atomic E-state index is 0.318. The van der Waals surface area contributed by atoms with Crippen LogP contribution in [-0.2, 0) is 16.0 Å². The Labute approximate surface area is 102 Å². The van der Waals surface area contributed by atoms with Gasteiger partial charge in [-0.25, -0.2) is 4.79 Å². The molecule has 0 heterocycles. The van der Waals surface area contributed by atoms with Gasteiger partial charge in [-0.3, -0.25) is 5.32 Å². The summed E-state index contributed by atoms with van der Waals surface area (Å²) in [5.41, 5.74) is 2.05. The summed E-state index contributed by atoms with van der Waals surface area (Å²) in [7, 11) is 1.38. The molecule has 0 aliphatic rings. The van der Waals surface area contributed by atoms with Gasteiger partial charge in [-0.2, -0.15) is 0 Å². The highest BCUT2D eigenvalue weighted by molar-refractivity contribution is 5.78. The molecule has 1 rings (SSSR count). The maximum atomic E-state index is 11.7. The maximum Gasteiger partial charge on any atom is 0.327 e. The Morgan fingerprint density at radius 2 is 2.24 bits per heavy atom. The lowest BCUT2D eigenvalue weighted by atomic mass is 9.98. The number of hydrogen-bond donors (Lipinski definition) is 1. The Morgan fingerprint density at radius 3 is 2.82 bits per heavy atom. The van der Waals surface area contributed by atoms with Crippen LogP contribution in [0.25, 0.3) is 0 Å². The van der Waals surface area contributed by atoms with Crippen LogP contribution in [-0.4, -0.2) is 19.6 Å². The second-order valence-electron chi connectivity index (χ2n) is 3.59. The van der Waals surface area contributed by atoms with Crippen LogP contribution in [0.1, 0.15) is 24.1 Å². The molecule has 0 saturated carbocycles. The molecule has 0 aliphatic heterocycles. The number of carbonyl (C=O) groups excluding carboxylic acids is 1. The number of benzene rings is 1. The summed E-state index contributed by atoms with van der Waals surface area (Å²) >= 11 is 0. The van der Waals surface area contributed by atoms with Crippen LogP contribution in [0.15, 0.2) is 24.3 Å². The fraction of sp³-hybridized carbons (Fsp3) is 0.357. The summed E-state index contributed by atoms with van der Waals surface area (Å²) in [5.74, 6) is 2.15. The van der Waals surface area contributed by atoms with Gasteiger partial charge >= 0.3 is 5.97 Å². The molecule has 0 aliphatic carbocycles. The van der Waals surface area contributed by atoms with E-state index in [0.29, 0.717) is 6.54 Å². The Balaban J connectivity index is 3.03. The lowest BCUT2D eigenvalue weighted by Gasteiger charge is -2.18. The van der Waals surface area contributed by atoms with E-state index in [1.807, 2.05) is 31.2 Å². The van der Waals surface area contributed by atoms with Crippen LogP contribution in [0.2, 0.25) is 0 Å². The number of aryl methyl sites for hydroxylation is 1. The molecule has 1 aromatic carbocycles. The molecule has 0 saturated heterocycles. The van der Waals surface area contributed by atoms with Gasteiger partial charge < -0.3 is 4.74 Å². The molecular formula is C14H17NO2. The third-order valence-electron chi connectivity index (χ3n) is 2.59. The molecule has 17 heavy (non-hydrogen) atoms. The highest BCUT2D eigenvalue weighted by atomic mass is 16.5. The van der Waals surface area contributed by atoms with Crippen molar-refractivity contribution in [3.05, 3.63) is 35.4 Å². The van der Waals surface area contributed by atoms with E-state index in [1.54, 1.807) is 0 Å². The van der Waals surface area contributed by atoms with Crippen molar-refractivity contribution >= 4 is 5.97 Å². The van der Waals surface area contributed by atoms with E-state index in [-0.39, 0.29) is 5.97 Å². The SMILES string of the molecule is C#CCNC(C(=O)OC)c1ccccc1CC. The fourth-order valence-corrected chi connectivity index (χ4v) is 1.74. The van der Waals surface area contributed by atoms with E-state index in [9.17, 15) is 4.79 Å². The van der Waals surface area contributed by atoms with Gasteiger partial charge in [0.2, 0.25) is 0 Å². The Morgan fingerprint density at radius 1 is 1.53 bits per heavy atom. The van der Waals surface area contributed by atoms with Crippen LogP contribution in [0, 0.1) is 12.3 Å². The number of nitrogens with one attached hydrogen (secondary N) is 1. The predicted octanol–water partition coefficient (Wildman–Crippen LogP) is 1.69. The number of hydrogen-bond acceptors (Lipinski definition) is 3. The van der Waals surface area contributed by atoms with E-state index in [4.69, 9.17) is 11.2 Å². The first kappa shape index (κ1) is 13.3. The molecule has 1 unspecified atom stereocenters. The molecule has 0 fully saturated rings. The van der Waals surface area contributed by atoms with Gasteiger partial charge in [0, 0.05) is 0 Å². The van der Waals surface area contributed by atoms with Crippen LogP contribution in [0.3, 0.4) is 0 Å². The van der Waals surface area contributed by atoms with Crippen molar-refractivity contribution < 1.29 is 9.53 Å². The number of rotatable bonds is 5. The first-order valence-corrected chi connectivity index (χ1v) is 5.57. The molecule has 1 aromatic rings. The molecule has 90 valence electrons. The van der Waals surface area contributed by atoms with Gasteiger partial charge in [0.15, 0.2) is 0 Å². The van der Waals surface area contributed by atoms with Crippen molar-refractivity contribution in [1.29, 1.82) is 0 Å². The first-order valence-electron chi connectivity index (χ1n) is 5.57. The highest BCUT2D eigenvalue weighted by Crippen LogP contribution is 2.19. The van der Waals surface area contributed by atoms with Crippen molar-refractivity contribution in [3.63, 3.8) is 0 Å². The van der Waals surface area contributed by atoms with Crippen molar-refractivity contribution in [3.8, 4) is 12.3 Å². The van der Waals surface area contributed by atoms with E-state index in [0.717, 1.165) is 17.5 Å². The second-order valence-corrected chi connectivity index (χ2v) is 3.59. The summed E-state index contributed by atoms with van der Waals surface area (Å²) < 4.78 is 4.79. The molecule has 0 amide bonds. The normalized spacial score (nSPS) is 11.6. The molecule has 1 atom stereocenters. The first-order chi connectivity index (χ1) is 8.24. The molecule has 0 radical (unpaired) electrons. The van der Waals surface area contributed by atoms with Crippen molar-refractivity contribution in [2.45, 2.75) is 19.4 Å². The van der Waals surface area contributed by atoms with Gasteiger partial charge in [0.25, 0.3) is 0 Å². The predicted molar refractivity (Wildman–Crippen MR) is 67.4 cm³/mol. The lowest BCUT2D eigenvalue weighted by molar-refractivity contribution is -0.143. The molecule has 0 spiro atoms. The van der Waals surface area contributed by atoms with E-state index in [1.165, 1.54) is 7.11 Å². The molecule has 3 heteroatoms. The summed E-state index contributed by atoms with van der Waals surface area (Å²) in [4.78, 5) is 11.7. The highest BCUT2D eigenvalue weighted by Gasteiger charge is 2.22. The zero-order valence-electron chi connectivity index (χ0n) is 10.2. The molecule has 0 bridgehead atoms. The quantitative estimate of drug-likeness (QED) is 0.619. The van der Waals surface area contributed by atoms with Crippen molar-refractivity contribution in [2.75, 3.05) is 13.7 Å². The molecule has 1 N–H and O–H groups in total. The van der Waals surface area contributed by atoms with E-state index in [2.05, 4.69) is 11.2 Å². The van der Waals surface area contributed by atoms with Crippen molar-refractivity contribution in [2.24, 2.45) is 0 Å². The van der Waals surface area contributed by atoms with Gasteiger partial charge in [0.1, 0.15) is 6.04 Å². The zero-order chi connectivity index (χ0) is 12.7. The average molecular weight is 231 g/mol. The average Bonchev–Trinajstić information content (AvgIpc) is 2.39.